The van der Waals surface area contributed by atoms with E-state index >= 15 is 0 Å². The second-order valence-corrected chi connectivity index (χ2v) is 4.98. The van der Waals surface area contributed by atoms with Crippen LogP contribution in [-0.4, -0.2) is 0 Å². The molecule has 1 rings (SSSR count). The molecule has 0 aliphatic rings. The van der Waals surface area contributed by atoms with Gasteiger partial charge in [-0.15, -0.1) is 0 Å². The topological polar surface area (TPSA) is 26.0 Å². The maximum atomic E-state index is 13.0. The van der Waals surface area contributed by atoms with E-state index in [0.717, 1.165) is 5.56 Å². The number of benzene rings is 1. The van der Waals surface area contributed by atoms with E-state index in [4.69, 9.17) is 17.3 Å². The summed E-state index contributed by atoms with van der Waals surface area (Å²) in [5.41, 5.74) is 6.62. The summed E-state index contributed by atoms with van der Waals surface area (Å²) in [5, 5.41) is 0.389. The SMILES string of the molecule is CC(C)(C)[C@@H](N)c1cc(F)cc(Cl)c1. The predicted octanol–water partition coefficient (Wildman–Crippen LogP) is 3.53. The molecule has 3 heteroatoms. The first-order chi connectivity index (χ1) is 6.30. The van der Waals surface area contributed by atoms with Gasteiger partial charge in [-0.3, -0.25) is 0 Å². The van der Waals surface area contributed by atoms with Crippen molar-refractivity contribution in [1.29, 1.82) is 0 Å². The minimum Gasteiger partial charge on any atom is -0.324 e. The summed E-state index contributed by atoms with van der Waals surface area (Å²) in [6.45, 7) is 6.03. The van der Waals surface area contributed by atoms with E-state index in [1.165, 1.54) is 12.1 Å². The Morgan fingerprint density at radius 3 is 2.29 bits per heavy atom. The van der Waals surface area contributed by atoms with Gasteiger partial charge in [0.05, 0.1) is 0 Å². The fraction of sp³-hybridized carbons (Fsp3) is 0.455. The monoisotopic (exact) mass is 215 g/mol. The van der Waals surface area contributed by atoms with E-state index in [9.17, 15) is 4.39 Å². The first-order valence-electron chi connectivity index (χ1n) is 4.52. The number of halogens is 2. The van der Waals surface area contributed by atoms with Crippen molar-refractivity contribution < 1.29 is 4.39 Å². The van der Waals surface area contributed by atoms with Gasteiger partial charge in [-0.1, -0.05) is 32.4 Å². The number of hydrogen-bond acceptors (Lipinski definition) is 1. The van der Waals surface area contributed by atoms with Crippen LogP contribution in [0.2, 0.25) is 5.02 Å². The molecule has 1 aromatic rings. The molecule has 0 radical (unpaired) electrons. The standard InChI is InChI=1S/C11H15ClFN/c1-11(2,3)10(14)7-4-8(12)6-9(13)5-7/h4-6,10H,14H2,1-3H3/t10-/m0/s1. The van der Waals surface area contributed by atoms with Crippen molar-refractivity contribution in [3.63, 3.8) is 0 Å². The zero-order valence-electron chi connectivity index (χ0n) is 8.64. The summed E-state index contributed by atoms with van der Waals surface area (Å²) in [6, 6.07) is 4.21. The minimum absolute atomic E-state index is 0.100. The lowest BCUT2D eigenvalue weighted by Crippen LogP contribution is -2.26. The average molecular weight is 216 g/mol. The summed E-state index contributed by atoms with van der Waals surface area (Å²) >= 11 is 5.75. The number of nitrogens with two attached hydrogens (primary N) is 1. The van der Waals surface area contributed by atoms with Gasteiger partial charge in [0, 0.05) is 11.1 Å². The van der Waals surface area contributed by atoms with Gasteiger partial charge in [0.2, 0.25) is 0 Å². The van der Waals surface area contributed by atoms with Crippen molar-refractivity contribution in [1.82, 2.24) is 0 Å². The molecule has 1 aromatic carbocycles. The van der Waals surface area contributed by atoms with Gasteiger partial charge in [-0.2, -0.15) is 0 Å². The molecule has 2 N–H and O–H groups in total. The van der Waals surface area contributed by atoms with E-state index < -0.39 is 0 Å². The Morgan fingerprint density at radius 1 is 1.29 bits per heavy atom. The third-order valence-corrected chi connectivity index (χ3v) is 2.40. The lowest BCUT2D eigenvalue weighted by molar-refractivity contribution is 0.326. The maximum absolute atomic E-state index is 13.0. The Kier molecular flexibility index (Phi) is 3.17. The normalized spacial score (nSPS) is 14.1. The number of hydrogen-bond donors (Lipinski definition) is 1. The van der Waals surface area contributed by atoms with Crippen LogP contribution in [0.3, 0.4) is 0 Å². The number of rotatable bonds is 1. The summed E-state index contributed by atoms with van der Waals surface area (Å²) in [4.78, 5) is 0. The van der Waals surface area contributed by atoms with Crippen molar-refractivity contribution in [3.8, 4) is 0 Å². The molecule has 0 fully saturated rings. The Labute approximate surface area is 89.1 Å². The molecular weight excluding hydrogens is 201 g/mol. The van der Waals surface area contributed by atoms with Gasteiger partial charge in [0.15, 0.2) is 0 Å². The second kappa shape index (κ2) is 3.87. The molecule has 0 aliphatic carbocycles. The molecule has 0 spiro atoms. The van der Waals surface area contributed by atoms with Crippen LogP contribution in [0.25, 0.3) is 0 Å². The molecule has 1 atom stereocenters. The molecule has 0 heterocycles. The molecular formula is C11H15ClFN. The van der Waals surface area contributed by atoms with E-state index in [1.54, 1.807) is 6.07 Å². The van der Waals surface area contributed by atoms with Crippen LogP contribution < -0.4 is 5.73 Å². The lowest BCUT2D eigenvalue weighted by atomic mass is 9.83. The summed E-state index contributed by atoms with van der Waals surface area (Å²) in [6.07, 6.45) is 0. The van der Waals surface area contributed by atoms with Crippen LogP contribution in [0.4, 0.5) is 4.39 Å². The predicted molar refractivity (Wildman–Crippen MR) is 57.8 cm³/mol. The molecule has 14 heavy (non-hydrogen) atoms. The summed E-state index contributed by atoms with van der Waals surface area (Å²) in [5.74, 6) is -0.341. The van der Waals surface area contributed by atoms with E-state index in [-0.39, 0.29) is 17.3 Å². The fourth-order valence-electron chi connectivity index (χ4n) is 1.25. The molecule has 0 unspecified atom stereocenters. The van der Waals surface area contributed by atoms with E-state index in [0.29, 0.717) is 5.02 Å². The van der Waals surface area contributed by atoms with Crippen LogP contribution in [0.5, 0.6) is 0 Å². The van der Waals surface area contributed by atoms with E-state index in [1.807, 2.05) is 20.8 Å². The van der Waals surface area contributed by atoms with Crippen LogP contribution >= 0.6 is 11.6 Å². The van der Waals surface area contributed by atoms with E-state index in [2.05, 4.69) is 0 Å². The van der Waals surface area contributed by atoms with Crippen molar-refractivity contribution in [2.45, 2.75) is 26.8 Å². The molecule has 78 valence electrons. The largest absolute Gasteiger partial charge is 0.324 e. The second-order valence-electron chi connectivity index (χ2n) is 4.55. The van der Waals surface area contributed by atoms with Crippen molar-refractivity contribution in [3.05, 3.63) is 34.6 Å². The third-order valence-electron chi connectivity index (χ3n) is 2.18. The van der Waals surface area contributed by atoms with Gasteiger partial charge in [0.25, 0.3) is 0 Å². The minimum atomic E-state index is -0.341. The average Bonchev–Trinajstić information content (AvgIpc) is 1.99. The Hall–Kier alpha value is -0.600. The molecule has 0 aliphatic heterocycles. The fourth-order valence-corrected chi connectivity index (χ4v) is 1.48. The summed E-state index contributed by atoms with van der Waals surface area (Å²) in [7, 11) is 0. The van der Waals surface area contributed by atoms with Crippen LogP contribution in [0.15, 0.2) is 18.2 Å². The zero-order chi connectivity index (χ0) is 10.9. The summed E-state index contributed by atoms with van der Waals surface area (Å²) < 4.78 is 13.0. The Balaban J connectivity index is 3.07. The van der Waals surface area contributed by atoms with Gasteiger partial charge in [-0.05, 0) is 29.2 Å². The Bertz CT molecular complexity index is 310. The zero-order valence-corrected chi connectivity index (χ0v) is 9.40. The Morgan fingerprint density at radius 2 is 1.86 bits per heavy atom. The highest BCUT2D eigenvalue weighted by molar-refractivity contribution is 6.30. The highest BCUT2D eigenvalue weighted by Gasteiger charge is 2.22. The molecule has 0 saturated carbocycles. The van der Waals surface area contributed by atoms with Gasteiger partial charge in [-0.25, -0.2) is 4.39 Å². The van der Waals surface area contributed by atoms with Crippen LogP contribution in [-0.2, 0) is 0 Å². The van der Waals surface area contributed by atoms with Gasteiger partial charge < -0.3 is 5.73 Å². The first kappa shape index (κ1) is 11.5. The van der Waals surface area contributed by atoms with Crippen LogP contribution in [0.1, 0.15) is 32.4 Å². The van der Waals surface area contributed by atoms with Crippen molar-refractivity contribution >= 4 is 11.6 Å². The lowest BCUT2D eigenvalue weighted by Gasteiger charge is -2.27. The van der Waals surface area contributed by atoms with Crippen molar-refractivity contribution in [2.24, 2.45) is 11.1 Å². The molecule has 1 nitrogen and oxygen atoms in total. The molecule has 0 bridgehead atoms. The van der Waals surface area contributed by atoms with Gasteiger partial charge in [0.1, 0.15) is 5.82 Å². The highest BCUT2D eigenvalue weighted by Crippen LogP contribution is 2.31. The molecule has 0 amide bonds. The quantitative estimate of drug-likeness (QED) is 0.762. The van der Waals surface area contributed by atoms with Crippen molar-refractivity contribution in [2.75, 3.05) is 0 Å². The maximum Gasteiger partial charge on any atom is 0.125 e. The molecule has 0 aromatic heterocycles. The third kappa shape index (κ3) is 2.69. The molecule has 0 saturated heterocycles. The van der Waals surface area contributed by atoms with Crippen LogP contribution in [0, 0.1) is 11.2 Å². The highest BCUT2D eigenvalue weighted by atomic mass is 35.5. The smallest absolute Gasteiger partial charge is 0.125 e. The van der Waals surface area contributed by atoms with Gasteiger partial charge >= 0.3 is 0 Å². The first-order valence-corrected chi connectivity index (χ1v) is 4.90.